The van der Waals surface area contributed by atoms with Gasteiger partial charge in [0.1, 0.15) is 24.7 Å². The number of phenolic OH excluding ortho intramolecular Hbond substituents is 2. The van der Waals surface area contributed by atoms with E-state index in [2.05, 4.69) is 0 Å². The Bertz CT molecular complexity index is 1350. The summed E-state index contributed by atoms with van der Waals surface area (Å²) in [5, 5.41) is 19.3. The molecule has 0 saturated carbocycles. The van der Waals surface area contributed by atoms with Crippen LogP contribution in [0.2, 0.25) is 0 Å². The summed E-state index contributed by atoms with van der Waals surface area (Å²) >= 11 is 0. The van der Waals surface area contributed by atoms with Gasteiger partial charge in [-0.15, -0.1) is 0 Å². The fourth-order valence-electron chi connectivity index (χ4n) is 5.89. The molecule has 2 atom stereocenters. The summed E-state index contributed by atoms with van der Waals surface area (Å²) in [6.45, 7) is 18.9. The average Bonchev–Trinajstić information content (AvgIpc) is 2.95. The van der Waals surface area contributed by atoms with E-state index in [4.69, 9.17) is 9.47 Å². The van der Waals surface area contributed by atoms with Crippen LogP contribution in [0, 0.1) is 27.7 Å². The molecule has 0 radical (unpaired) electrons. The van der Waals surface area contributed by atoms with Crippen molar-refractivity contribution in [2.75, 3.05) is 0 Å². The molecule has 2 aromatic rings. The lowest BCUT2D eigenvalue weighted by Crippen LogP contribution is -2.36. The van der Waals surface area contributed by atoms with Gasteiger partial charge in [-0.3, -0.25) is 9.59 Å². The number of ether oxygens (including phenoxy) is 2. The molecule has 2 aromatic carbocycles. The monoisotopic (exact) mass is 646 g/mol. The van der Waals surface area contributed by atoms with Crippen molar-refractivity contribution in [1.82, 2.24) is 0 Å². The van der Waals surface area contributed by atoms with Gasteiger partial charge in [-0.25, -0.2) is 8.42 Å². The number of sulfone groups is 1. The molecule has 8 nitrogen and oxygen atoms in total. The molecule has 0 aliphatic rings. The van der Waals surface area contributed by atoms with Crippen LogP contribution in [0.4, 0.5) is 0 Å². The van der Waals surface area contributed by atoms with E-state index >= 15 is 0 Å². The zero-order valence-corrected chi connectivity index (χ0v) is 29.7. The number of phenols is 2. The second-order valence-corrected chi connectivity index (χ2v) is 15.4. The molecule has 0 aliphatic carbocycles. The number of benzene rings is 2. The minimum atomic E-state index is -3.90. The second kappa shape index (κ2) is 16.5. The molecule has 0 amide bonds. The molecule has 2 N–H and O–H groups in total. The van der Waals surface area contributed by atoms with Crippen LogP contribution in [0.15, 0.2) is 12.1 Å². The highest BCUT2D eigenvalue weighted by atomic mass is 32.2. The molecule has 0 fully saturated rings. The van der Waals surface area contributed by atoms with Crippen molar-refractivity contribution in [3.63, 3.8) is 0 Å². The Hall–Kier alpha value is -3.07. The van der Waals surface area contributed by atoms with Crippen molar-refractivity contribution >= 4 is 21.8 Å². The highest BCUT2D eigenvalue weighted by Crippen LogP contribution is 2.35. The Labute approximate surface area is 270 Å². The van der Waals surface area contributed by atoms with E-state index in [1.54, 1.807) is 13.8 Å². The summed E-state index contributed by atoms with van der Waals surface area (Å²) in [7, 11) is -3.90. The first kappa shape index (κ1) is 38.1. The molecular formula is C36H54O8S. The lowest BCUT2D eigenvalue weighted by molar-refractivity contribution is -0.145. The van der Waals surface area contributed by atoms with E-state index < -0.39 is 32.3 Å². The van der Waals surface area contributed by atoms with Crippen LogP contribution in [0.5, 0.6) is 11.5 Å². The van der Waals surface area contributed by atoms with Gasteiger partial charge in [-0.2, -0.15) is 0 Å². The Morgan fingerprint density at radius 1 is 0.689 bits per heavy atom. The van der Waals surface area contributed by atoms with Crippen molar-refractivity contribution in [1.29, 1.82) is 0 Å². The number of carbonyl (C=O) groups is 2. The third-order valence-electron chi connectivity index (χ3n) is 8.80. The van der Waals surface area contributed by atoms with E-state index in [1.165, 1.54) is 0 Å². The minimum Gasteiger partial charge on any atom is -0.507 e. The Morgan fingerprint density at radius 3 is 1.31 bits per heavy atom. The summed E-state index contributed by atoms with van der Waals surface area (Å²) in [5.74, 6) is -0.669. The molecule has 0 aromatic heterocycles. The third kappa shape index (κ3) is 9.47. The van der Waals surface area contributed by atoms with Crippen LogP contribution in [0.1, 0.15) is 136 Å². The molecule has 0 aliphatic heterocycles. The predicted molar refractivity (Wildman–Crippen MR) is 178 cm³/mol. The lowest BCUT2D eigenvalue weighted by atomic mass is 9.93. The second-order valence-electron chi connectivity index (χ2n) is 12.9. The summed E-state index contributed by atoms with van der Waals surface area (Å²) in [6, 6.07) is 3.78. The average molecular weight is 647 g/mol. The van der Waals surface area contributed by atoms with Gasteiger partial charge in [0.25, 0.3) is 0 Å². The topological polar surface area (TPSA) is 127 Å². The maximum atomic E-state index is 13.9. The van der Waals surface area contributed by atoms with Crippen LogP contribution in [-0.4, -0.2) is 41.1 Å². The first-order chi connectivity index (χ1) is 21.0. The predicted octanol–water partition coefficient (Wildman–Crippen LogP) is 7.90. The van der Waals surface area contributed by atoms with E-state index in [1.807, 2.05) is 67.5 Å². The van der Waals surface area contributed by atoms with Gasteiger partial charge >= 0.3 is 11.9 Å². The van der Waals surface area contributed by atoms with Gasteiger partial charge in [0.2, 0.25) is 0 Å². The highest BCUT2D eigenvalue weighted by molar-refractivity contribution is 7.92. The fraction of sp³-hybridized carbons (Fsp3) is 0.611. The van der Waals surface area contributed by atoms with Crippen LogP contribution in [-0.2, 0) is 42.1 Å². The van der Waals surface area contributed by atoms with Gasteiger partial charge in [0.05, 0.1) is 23.3 Å². The van der Waals surface area contributed by atoms with Gasteiger partial charge in [0, 0.05) is 0 Å². The smallest absolute Gasteiger partial charge is 0.307 e. The van der Waals surface area contributed by atoms with Crippen molar-refractivity contribution in [2.24, 2.45) is 0 Å². The van der Waals surface area contributed by atoms with Gasteiger partial charge in [0.15, 0.2) is 9.84 Å². The summed E-state index contributed by atoms with van der Waals surface area (Å²) in [5.41, 5.74) is 6.09. The first-order valence-corrected chi connectivity index (χ1v) is 17.8. The number of rotatable bonds is 16. The van der Waals surface area contributed by atoms with Crippen LogP contribution < -0.4 is 0 Å². The van der Waals surface area contributed by atoms with E-state index in [0.29, 0.717) is 35.1 Å². The Morgan fingerprint density at radius 2 is 1.02 bits per heavy atom. The third-order valence-corrected chi connectivity index (χ3v) is 11.5. The quantitative estimate of drug-likeness (QED) is 0.176. The Kier molecular flexibility index (Phi) is 14.0. The molecule has 45 heavy (non-hydrogen) atoms. The van der Waals surface area contributed by atoms with Crippen molar-refractivity contribution in [3.05, 3.63) is 56.6 Å². The number of esters is 2. The zero-order chi connectivity index (χ0) is 34.2. The molecule has 9 heteroatoms. The maximum Gasteiger partial charge on any atom is 0.307 e. The lowest BCUT2D eigenvalue weighted by Gasteiger charge is -2.24. The van der Waals surface area contributed by atoms with Gasteiger partial charge in [-0.05, 0) is 96.9 Å². The molecule has 2 unspecified atom stereocenters. The van der Waals surface area contributed by atoms with Crippen LogP contribution >= 0.6 is 0 Å². The SMILES string of the molecule is CCCC(CC(=O)OCc1c(C)cc(C(C)C)c(O)c1C)S(=O)(=O)C(CCC)CC(=O)OCc1c(C)cc(C(C)C)c(O)c1C. The zero-order valence-electron chi connectivity index (χ0n) is 28.9. The van der Waals surface area contributed by atoms with Gasteiger partial charge in [-0.1, -0.05) is 66.5 Å². The summed E-state index contributed by atoms with van der Waals surface area (Å²) in [6.07, 6.45) is 0.956. The molecule has 2 rings (SSSR count). The van der Waals surface area contributed by atoms with E-state index in [-0.39, 0.29) is 62.2 Å². The summed E-state index contributed by atoms with van der Waals surface area (Å²) in [4.78, 5) is 26.0. The van der Waals surface area contributed by atoms with E-state index in [0.717, 1.165) is 22.3 Å². The molecule has 0 heterocycles. The molecule has 252 valence electrons. The van der Waals surface area contributed by atoms with Crippen LogP contribution in [0.3, 0.4) is 0 Å². The maximum absolute atomic E-state index is 13.9. The normalized spacial score (nSPS) is 13.2. The summed E-state index contributed by atoms with van der Waals surface area (Å²) < 4.78 is 38.8. The minimum absolute atomic E-state index is 0.0709. The Balaban J connectivity index is 2.17. The molecule has 0 spiro atoms. The number of hydrogen-bond donors (Lipinski definition) is 2. The molecular weight excluding hydrogens is 592 g/mol. The number of carbonyl (C=O) groups excluding carboxylic acids is 2. The fourth-order valence-corrected chi connectivity index (χ4v) is 8.30. The first-order valence-electron chi connectivity index (χ1n) is 16.1. The van der Waals surface area contributed by atoms with Crippen LogP contribution in [0.25, 0.3) is 0 Å². The van der Waals surface area contributed by atoms with E-state index in [9.17, 15) is 28.2 Å². The standard InChI is InChI=1S/C36H54O8S/c1-11-13-27(17-33(37)43-19-31-23(7)15-29(21(3)4)35(39)25(31)9)45(41,42)28(14-12-2)18-34(38)44-20-32-24(8)16-30(22(5)6)36(40)26(32)10/h15-16,21-22,27-28,39-40H,11-14,17-20H2,1-10H3. The van der Waals surface area contributed by atoms with Crippen molar-refractivity contribution < 1.29 is 37.7 Å². The van der Waals surface area contributed by atoms with Gasteiger partial charge < -0.3 is 19.7 Å². The van der Waals surface area contributed by atoms with Crippen molar-refractivity contribution in [2.45, 2.75) is 143 Å². The largest absolute Gasteiger partial charge is 0.507 e. The number of aromatic hydroxyl groups is 2. The highest BCUT2D eigenvalue weighted by Gasteiger charge is 2.36. The van der Waals surface area contributed by atoms with Crippen molar-refractivity contribution in [3.8, 4) is 11.5 Å². The molecule has 0 bridgehead atoms. The molecule has 0 saturated heterocycles. The number of hydrogen-bond acceptors (Lipinski definition) is 8. The number of aryl methyl sites for hydroxylation is 2.